The van der Waals surface area contributed by atoms with E-state index in [1.54, 1.807) is 0 Å². The topological polar surface area (TPSA) is 37.3 Å². The van der Waals surface area contributed by atoms with Crippen LogP contribution in [0, 0.1) is 5.41 Å². The lowest BCUT2D eigenvalue weighted by Crippen LogP contribution is -2.44. The van der Waals surface area contributed by atoms with E-state index in [-0.39, 0.29) is 5.92 Å². The highest BCUT2D eigenvalue weighted by atomic mass is 16.4. The maximum Gasteiger partial charge on any atom is 0.310 e. The third-order valence-electron chi connectivity index (χ3n) is 4.71. The van der Waals surface area contributed by atoms with Crippen LogP contribution in [0.25, 0.3) is 0 Å². The van der Waals surface area contributed by atoms with E-state index in [1.165, 1.54) is 11.1 Å². The molecule has 2 aliphatic rings. The van der Waals surface area contributed by atoms with Crippen LogP contribution in [0.3, 0.4) is 0 Å². The molecule has 2 aliphatic carbocycles. The molecule has 0 bridgehead atoms. The van der Waals surface area contributed by atoms with Crippen molar-refractivity contribution in [1.82, 2.24) is 0 Å². The predicted octanol–water partition coefficient (Wildman–Crippen LogP) is 3.36. The molecule has 1 saturated carbocycles. The van der Waals surface area contributed by atoms with Gasteiger partial charge in [0.15, 0.2) is 0 Å². The summed E-state index contributed by atoms with van der Waals surface area (Å²) in [7, 11) is 0. The van der Waals surface area contributed by atoms with Crippen LogP contribution in [0.4, 0.5) is 0 Å². The van der Waals surface area contributed by atoms with Crippen LogP contribution in [0.5, 0.6) is 0 Å². The number of fused-ring (bicyclic) bond motifs is 1. The van der Waals surface area contributed by atoms with Crippen molar-refractivity contribution in [3.05, 3.63) is 35.4 Å². The Hall–Kier alpha value is -1.31. The fraction of sp³-hybridized carbons (Fsp3) is 0.533. The minimum atomic E-state index is -0.578. The molecule has 17 heavy (non-hydrogen) atoms. The molecule has 0 heterocycles. The lowest BCUT2D eigenvalue weighted by Gasteiger charge is -2.46. The number of aryl methyl sites for hydroxylation is 1. The molecule has 3 rings (SSSR count). The van der Waals surface area contributed by atoms with E-state index in [0.29, 0.717) is 0 Å². The minimum absolute atomic E-state index is 0.249. The molecule has 0 radical (unpaired) electrons. The lowest BCUT2D eigenvalue weighted by molar-refractivity contribution is -0.157. The van der Waals surface area contributed by atoms with Gasteiger partial charge in [0.2, 0.25) is 0 Å². The Bertz CT molecular complexity index is 446. The molecule has 0 amide bonds. The summed E-state index contributed by atoms with van der Waals surface area (Å²) in [5, 5.41) is 9.56. The Kier molecular flexibility index (Phi) is 2.46. The second-order valence-corrected chi connectivity index (χ2v) is 5.46. The molecule has 0 saturated heterocycles. The van der Waals surface area contributed by atoms with Gasteiger partial charge in [-0.05, 0) is 43.2 Å². The largest absolute Gasteiger partial charge is 0.481 e. The zero-order chi connectivity index (χ0) is 11.9. The average molecular weight is 230 g/mol. The molecule has 2 heteroatoms. The number of hydrogen-bond donors (Lipinski definition) is 1. The number of aliphatic carboxylic acids is 1. The Labute approximate surface area is 102 Å². The molecule has 1 N–H and O–H groups in total. The first-order valence-corrected chi connectivity index (χ1v) is 6.55. The highest BCUT2D eigenvalue weighted by Gasteiger charge is 2.51. The van der Waals surface area contributed by atoms with Crippen LogP contribution in [0.1, 0.15) is 49.1 Å². The monoisotopic (exact) mass is 230 g/mol. The van der Waals surface area contributed by atoms with Gasteiger partial charge in [-0.15, -0.1) is 0 Å². The zero-order valence-corrected chi connectivity index (χ0v) is 9.98. The second kappa shape index (κ2) is 3.86. The number of carboxylic acids is 1. The van der Waals surface area contributed by atoms with Crippen LogP contribution < -0.4 is 0 Å². The van der Waals surface area contributed by atoms with Crippen LogP contribution in [0.2, 0.25) is 0 Å². The van der Waals surface area contributed by atoms with Crippen LogP contribution in [-0.4, -0.2) is 11.1 Å². The van der Waals surface area contributed by atoms with Gasteiger partial charge in [-0.25, -0.2) is 0 Å². The van der Waals surface area contributed by atoms with Crippen molar-refractivity contribution in [2.45, 2.75) is 44.4 Å². The summed E-state index contributed by atoms with van der Waals surface area (Å²) in [6.07, 6.45) is 6.09. The fourth-order valence-corrected chi connectivity index (χ4v) is 3.60. The first kappa shape index (κ1) is 10.8. The maximum atomic E-state index is 11.6. The van der Waals surface area contributed by atoms with E-state index >= 15 is 0 Å². The minimum Gasteiger partial charge on any atom is -0.481 e. The molecule has 0 spiro atoms. The Morgan fingerprint density at radius 3 is 2.65 bits per heavy atom. The van der Waals surface area contributed by atoms with E-state index in [1.807, 2.05) is 6.07 Å². The normalized spacial score (nSPS) is 25.8. The molecule has 1 aromatic carbocycles. The predicted molar refractivity (Wildman–Crippen MR) is 66.0 cm³/mol. The maximum absolute atomic E-state index is 11.6. The van der Waals surface area contributed by atoms with Gasteiger partial charge in [0.1, 0.15) is 0 Å². The van der Waals surface area contributed by atoms with Gasteiger partial charge in [0.25, 0.3) is 0 Å². The molecule has 1 fully saturated rings. The molecule has 0 aliphatic heterocycles. The molecule has 2 nitrogen and oxygen atoms in total. The van der Waals surface area contributed by atoms with E-state index in [9.17, 15) is 9.90 Å². The molecular weight excluding hydrogens is 212 g/mol. The standard InChI is InChI=1S/C15H18O2/c16-14(17)15(9-4-10-15)13-8-3-6-11-5-1-2-7-12(11)13/h1-2,5,7,13H,3-4,6,8-10H2,(H,16,17). The summed E-state index contributed by atoms with van der Waals surface area (Å²) < 4.78 is 0. The number of hydrogen-bond acceptors (Lipinski definition) is 1. The molecule has 1 unspecified atom stereocenters. The summed E-state index contributed by atoms with van der Waals surface area (Å²) >= 11 is 0. The number of benzene rings is 1. The van der Waals surface area contributed by atoms with Crippen molar-refractivity contribution in [1.29, 1.82) is 0 Å². The van der Waals surface area contributed by atoms with E-state index in [2.05, 4.69) is 18.2 Å². The SMILES string of the molecule is O=C(O)C1(C2CCCc3ccccc32)CCC1. The van der Waals surface area contributed by atoms with Crippen molar-refractivity contribution in [3.63, 3.8) is 0 Å². The summed E-state index contributed by atoms with van der Waals surface area (Å²) in [5.74, 6) is -0.329. The quantitative estimate of drug-likeness (QED) is 0.845. The number of rotatable bonds is 2. The third-order valence-corrected chi connectivity index (χ3v) is 4.71. The number of carboxylic acid groups (broad SMARTS) is 1. The van der Waals surface area contributed by atoms with Crippen molar-refractivity contribution in [2.24, 2.45) is 5.41 Å². The highest BCUT2D eigenvalue weighted by Crippen LogP contribution is 2.55. The van der Waals surface area contributed by atoms with Gasteiger partial charge in [-0.1, -0.05) is 30.7 Å². The molecule has 0 aromatic heterocycles. The fourth-order valence-electron chi connectivity index (χ4n) is 3.60. The summed E-state index contributed by atoms with van der Waals surface area (Å²) in [5.41, 5.74) is 2.23. The van der Waals surface area contributed by atoms with Crippen LogP contribution >= 0.6 is 0 Å². The van der Waals surface area contributed by atoms with Crippen molar-refractivity contribution in [3.8, 4) is 0 Å². The van der Waals surface area contributed by atoms with Gasteiger partial charge >= 0.3 is 5.97 Å². The number of carbonyl (C=O) groups is 1. The average Bonchev–Trinajstić information content (AvgIpc) is 2.27. The van der Waals surface area contributed by atoms with Gasteiger partial charge in [-0.3, -0.25) is 4.79 Å². The molecule has 90 valence electrons. The van der Waals surface area contributed by atoms with Gasteiger partial charge in [0, 0.05) is 5.92 Å². The Balaban J connectivity index is 2.02. The van der Waals surface area contributed by atoms with Crippen LogP contribution in [-0.2, 0) is 11.2 Å². The van der Waals surface area contributed by atoms with Crippen molar-refractivity contribution < 1.29 is 9.90 Å². The zero-order valence-electron chi connectivity index (χ0n) is 9.98. The smallest absolute Gasteiger partial charge is 0.310 e. The van der Waals surface area contributed by atoms with Gasteiger partial charge in [-0.2, -0.15) is 0 Å². The third kappa shape index (κ3) is 1.50. The first-order valence-electron chi connectivity index (χ1n) is 6.55. The van der Waals surface area contributed by atoms with Crippen LogP contribution in [0.15, 0.2) is 24.3 Å². The Morgan fingerprint density at radius 1 is 1.24 bits per heavy atom. The Morgan fingerprint density at radius 2 is 2.00 bits per heavy atom. The summed E-state index contributed by atoms with van der Waals surface area (Å²) in [4.78, 5) is 11.6. The summed E-state index contributed by atoms with van der Waals surface area (Å²) in [6, 6.07) is 8.42. The van der Waals surface area contributed by atoms with Gasteiger partial charge < -0.3 is 5.11 Å². The second-order valence-electron chi connectivity index (χ2n) is 5.46. The van der Waals surface area contributed by atoms with E-state index in [0.717, 1.165) is 38.5 Å². The molecule has 1 atom stereocenters. The van der Waals surface area contributed by atoms with Crippen molar-refractivity contribution >= 4 is 5.97 Å². The van der Waals surface area contributed by atoms with Gasteiger partial charge in [0.05, 0.1) is 5.41 Å². The highest BCUT2D eigenvalue weighted by molar-refractivity contribution is 5.77. The summed E-state index contributed by atoms with van der Waals surface area (Å²) in [6.45, 7) is 0. The molecular formula is C15H18O2. The lowest BCUT2D eigenvalue weighted by atomic mass is 9.56. The van der Waals surface area contributed by atoms with E-state index < -0.39 is 11.4 Å². The first-order chi connectivity index (χ1) is 8.24. The molecule has 1 aromatic rings. The van der Waals surface area contributed by atoms with Crippen molar-refractivity contribution in [2.75, 3.05) is 0 Å². The van der Waals surface area contributed by atoms with E-state index in [4.69, 9.17) is 0 Å².